The van der Waals surface area contributed by atoms with Gasteiger partial charge in [0.25, 0.3) is 0 Å². The second-order valence-electron chi connectivity index (χ2n) is 3.94. The van der Waals surface area contributed by atoms with Crippen molar-refractivity contribution in [2.24, 2.45) is 5.73 Å². The summed E-state index contributed by atoms with van der Waals surface area (Å²) in [6, 6.07) is 6.32. The summed E-state index contributed by atoms with van der Waals surface area (Å²) in [5.74, 6) is -1.48. The fourth-order valence-corrected chi connectivity index (χ4v) is 1.40. The number of carboxylic acids is 1. The van der Waals surface area contributed by atoms with Crippen LogP contribution in [0.15, 0.2) is 24.3 Å². The molecule has 0 heterocycles. The smallest absolute Gasteiger partial charge is 0.323 e. The Bertz CT molecular complexity index is 412. The van der Waals surface area contributed by atoms with Gasteiger partial charge in [0, 0.05) is 5.69 Å². The van der Waals surface area contributed by atoms with Crippen molar-refractivity contribution in [3.63, 3.8) is 0 Å². The molecular weight excluding hydrogens is 220 g/mol. The molecule has 3 N–H and O–H groups in total. The zero-order valence-corrected chi connectivity index (χ0v) is 9.88. The summed E-state index contributed by atoms with van der Waals surface area (Å²) >= 11 is 0. The molecule has 5 nitrogen and oxygen atoms in total. The van der Waals surface area contributed by atoms with E-state index in [-0.39, 0.29) is 6.54 Å². The number of nitrogens with two attached hydrogens (primary N) is 1. The van der Waals surface area contributed by atoms with Crippen LogP contribution in [0.25, 0.3) is 0 Å². The number of rotatable bonds is 4. The maximum Gasteiger partial charge on any atom is 0.323 e. The summed E-state index contributed by atoms with van der Waals surface area (Å²) in [5, 5.41) is 8.80. The molecule has 0 aliphatic rings. The Morgan fingerprint density at radius 1 is 1.35 bits per heavy atom. The number of carbonyl (C=O) groups is 2. The Hall–Kier alpha value is -1.88. The van der Waals surface area contributed by atoms with Gasteiger partial charge >= 0.3 is 5.97 Å². The van der Waals surface area contributed by atoms with E-state index in [1.165, 1.54) is 11.8 Å². The highest BCUT2D eigenvalue weighted by Gasteiger charge is 2.21. The summed E-state index contributed by atoms with van der Waals surface area (Å²) in [7, 11) is 0. The number of aryl methyl sites for hydroxylation is 1. The molecule has 0 saturated heterocycles. The van der Waals surface area contributed by atoms with Gasteiger partial charge in [-0.15, -0.1) is 0 Å². The summed E-state index contributed by atoms with van der Waals surface area (Å²) in [5.41, 5.74) is 7.08. The summed E-state index contributed by atoms with van der Waals surface area (Å²) in [4.78, 5) is 23.7. The van der Waals surface area contributed by atoms with Crippen molar-refractivity contribution in [2.75, 3.05) is 11.4 Å². The molecule has 0 saturated carbocycles. The molecule has 1 rings (SSSR count). The Labute approximate surface area is 99.8 Å². The summed E-state index contributed by atoms with van der Waals surface area (Å²) in [6.45, 7) is 3.06. The van der Waals surface area contributed by atoms with E-state index in [1.807, 2.05) is 19.1 Å². The van der Waals surface area contributed by atoms with E-state index in [0.29, 0.717) is 5.69 Å². The lowest BCUT2D eigenvalue weighted by atomic mass is 10.2. The third-order valence-corrected chi connectivity index (χ3v) is 2.29. The third kappa shape index (κ3) is 3.57. The first-order chi connectivity index (χ1) is 7.91. The number of aliphatic carboxylic acids is 1. The second-order valence-corrected chi connectivity index (χ2v) is 3.94. The first-order valence-corrected chi connectivity index (χ1v) is 5.27. The van der Waals surface area contributed by atoms with E-state index in [2.05, 4.69) is 0 Å². The SMILES string of the molecule is Cc1ccc(N(CC(=O)O)C(=O)[C@H](C)N)cc1. The summed E-state index contributed by atoms with van der Waals surface area (Å²) < 4.78 is 0. The zero-order valence-electron chi connectivity index (χ0n) is 9.88. The van der Waals surface area contributed by atoms with Crippen molar-refractivity contribution >= 4 is 17.6 Å². The predicted octanol–water partition coefficient (Wildman–Crippen LogP) is 0.760. The Morgan fingerprint density at radius 2 is 1.88 bits per heavy atom. The second kappa shape index (κ2) is 5.45. The molecule has 0 aliphatic carbocycles. The van der Waals surface area contributed by atoms with Crippen molar-refractivity contribution in [2.45, 2.75) is 19.9 Å². The van der Waals surface area contributed by atoms with E-state index < -0.39 is 17.9 Å². The van der Waals surface area contributed by atoms with Crippen LogP contribution in [0.2, 0.25) is 0 Å². The molecule has 0 fully saturated rings. The van der Waals surface area contributed by atoms with Crippen molar-refractivity contribution < 1.29 is 14.7 Å². The fraction of sp³-hybridized carbons (Fsp3) is 0.333. The first kappa shape index (κ1) is 13.2. The highest BCUT2D eigenvalue weighted by Crippen LogP contribution is 2.15. The Balaban J connectivity index is 3.01. The van der Waals surface area contributed by atoms with Gasteiger partial charge in [0.1, 0.15) is 6.54 Å². The molecule has 1 amide bonds. The van der Waals surface area contributed by atoms with Gasteiger partial charge in [-0.2, -0.15) is 0 Å². The van der Waals surface area contributed by atoms with Crippen LogP contribution in [0.1, 0.15) is 12.5 Å². The fourth-order valence-electron chi connectivity index (χ4n) is 1.40. The number of nitrogens with zero attached hydrogens (tertiary/aromatic N) is 1. The molecule has 0 aliphatic heterocycles. The van der Waals surface area contributed by atoms with E-state index in [0.717, 1.165) is 5.56 Å². The van der Waals surface area contributed by atoms with Crippen molar-refractivity contribution in [3.8, 4) is 0 Å². The van der Waals surface area contributed by atoms with Crippen LogP contribution in [0.3, 0.4) is 0 Å². The molecule has 92 valence electrons. The predicted molar refractivity (Wildman–Crippen MR) is 64.8 cm³/mol. The minimum atomic E-state index is -1.07. The van der Waals surface area contributed by atoms with Crippen molar-refractivity contribution in [3.05, 3.63) is 29.8 Å². The Kier molecular flexibility index (Phi) is 4.23. The third-order valence-electron chi connectivity index (χ3n) is 2.29. The molecule has 0 unspecified atom stereocenters. The van der Waals surface area contributed by atoms with Crippen molar-refractivity contribution in [1.29, 1.82) is 0 Å². The van der Waals surface area contributed by atoms with E-state index in [1.54, 1.807) is 12.1 Å². The van der Waals surface area contributed by atoms with Gasteiger partial charge in [0.15, 0.2) is 0 Å². The lowest BCUT2D eigenvalue weighted by molar-refractivity contribution is -0.136. The monoisotopic (exact) mass is 236 g/mol. The molecule has 0 spiro atoms. The molecule has 17 heavy (non-hydrogen) atoms. The average Bonchev–Trinajstić information content (AvgIpc) is 2.26. The van der Waals surface area contributed by atoms with Crippen molar-refractivity contribution in [1.82, 2.24) is 0 Å². The number of benzene rings is 1. The van der Waals surface area contributed by atoms with Crippen LogP contribution in [0, 0.1) is 6.92 Å². The zero-order chi connectivity index (χ0) is 13.0. The minimum Gasteiger partial charge on any atom is -0.480 e. The van der Waals surface area contributed by atoms with Crippen LogP contribution in [-0.4, -0.2) is 29.6 Å². The average molecular weight is 236 g/mol. The Morgan fingerprint density at radius 3 is 2.29 bits per heavy atom. The standard InChI is InChI=1S/C12H16N2O3/c1-8-3-5-10(6-4-8)14(7-11(15)16)12(17)9(2)13/h3-6,9H,7,13H2,1-2H3,(H,15,16)/t9-/m0/s1. The largest absolute Gasteiger partial charge is 0.480 e. The quantitative estimate of drug-likeness (QED) is 0.808. The number of carboxylic acid groups (broad SMARTS) is 1. The molecule has 5 heteroatoms. The van der Waals surface area contributed by atoms with E-state index in [9.17, 15) is 9.59 Å². The van der Waals surface area contributed by atoms with Gasteiger partial charge in [-0.3, -0.25) is 14.5 Å². The van der Waals surface area contributed by atoms with E-state index >= 15 is 0 Å². The normalized spacial score (nSPS) is 11.9. The highest BCUT2D eigenvalue weighted by molar-refractivity contribution is 6.00. The molecule has 1 aromatic carbocycles. The molecule has 1 atom stereocenters. The van der Waals surface area contributed by atoms with Gasteiger partial charge in [-0.05, 0) is 26.0 Å². The molecule has 0 radical (unpaired) electrons. The van der Waals surface area contributed by atoms with Gasteiger partial charge < -0.3 is 10.8 Å². The lowest BCUT2D eigenvalue weighted by Crippen LogP contribution is -2.44. The highest BCUT2D eigenvalue weighted by atomic mass is 16.4. The minimum absolute atomic E-state index is 0.385. The first-order valence-electron chi connectivity index (χ1n) is 5.27. The number of carbonyl (C=O) groups excluding carboxylic acids is 1. The van der Waals surface area contributed by atoms with Gasteiger partial charge in [-0.25, -0.2) is 0 Å². The number of anilines is 1. The van der Waals surface area contributed by atoms with Crippen LogP contribution < -0.4 is 10.6 Å². The molecular formula is C12H16N2O3. The van der Waals surface area contributed by atoms with Crippen LogP contribution in [-0.2, 0) is 9.59 Å². The molecule has 1 aromatic rings. The van der Waals surface area contributed by atoms with Crippen LogP contribution in [0.4, 0.5) is 5.69 Å². The maximum atomic E-state index is 11.8. The maximum absolute atomic E-state index is 11.8. The van der Waals surface area contributed by atoms with Gasteiger partial charge in [0.2, 0.25) is 5.91 Å². The van der Waals surface area contributed by atoms with Gasteiger partial charge in [-0.1, -0.05) is 17.7 Å². The molecule has 0 aromatic heterocycles. The topological polar surface area (TPSA) is 83.6 Å². The summed E-state index contributed by atoms with van der Waals surface area (Å²) in [6.07, 6.45) is 0. The number of amides is 1. The number of hydrogen-bond donors (Lipinski definition) is 2. The van der Waals surface area contributed by atoms with Crippen LogP contribution in [0.5, 0.6) is 0 Å². The number of hydrogen-bond acceptors (Lipinski definition) is 3. The lowest BCUT2D eigenvalue weighted by Gasteiger charge is -2.22. The van der Waals surface area contributed by atoms with E-state index in [4.69, 9.17) is 10.8 Å². The van der Waals surface area contributed by atoms with Crippen LogP contribution >= 0.6 is 0 Å². The van der Waals surface area contributed by atoms with Gasteiger partial charge in [0.05, 0.1) is 6.04 Å². The molecule has 0 bridgehead atoms.